The Balaban J connectivity index is 1.25. The van der Waals surface area contributed by atoms with E-state index in [0.717, 1.165) is 16.7 Å². The summed E-state index contributed by atoms with van der Waals surface area (Å²) in [4.78, 5) is 40.5. The lowest BCUT2D eigenvalue weighted by Crippen LogP contribution is -2.63. The number of esters is 2. The minimum atomic E-state index is -0.915. The molecule has 0 radical (unpaired) electrons. The van der Waals surface area contributed by atoms with Gasteiger partial charge in [-0.25, -0.2) is 9.59 Å². The van der Waals surface area contributed by atoms with Gasteiger partial charge in [0.1, 0.15) is 18.8 Å². The second kappa shape index (κ2) is 8.23. The van der Waals surface area contributed by atoms with E-state index < -0.39 is 17.7 Å². The molecule has 4 heterocycles. The first kappa shape index (κ1) is 22.1. The van der Waals surface area contributed by atoms with Crippen LogP contribution in [0.15, 0.2) is 23.9 Å². The van der Waals surface area contributed by atoms with Gasteiger partial charge in [-0.3, -0.25) is 4.79 Å². The highest BCUT2D eigenvalue weighted by Gasteiger charge is 2.50. The molecule has 4 aliphatic heterocycles. The first-order chi connectivity index (χ1) is 15.8. The standard InChI is InChI=1S/C24H28N2O7/c1-14-11-33-24(23(30)26(14)16-9-21(28)31-12-16)5-7-25(8-6-24)10-20(27)17-3-4-18-19(15(17)2)13-32-22(18)29/h3-4,9,14,20,27H,5-8,10-13H2,1-2H3/t14?,20-/m0/s1. The Kier molecular flexibility index (Phi) is 5.50. The van der Waals surface area contributed by atoms with E-state index in [2.05, 4.69) is 4.90 Å². The largest absolute Gasteiger partial charge is 0.457 e. The molecule has 0 aromatic heterocycles. The fourth-order valence-electron chi connectivity index (χ4n) is 5.28. The molecule has 4 aliphatic rings. The number of morpholine rings is 1. The monoisotopic (exact) mass is 456 g/mol. The third kappa shape index (κ3) is 3.74. The number of hydrogen-bond acceptors (Lipinski definition) is 8. The molecule has 0 saturated carbocycles. The Bertz CT molecular complexity index is 1040. The number of likely N-dealkylation sites (tertiary alicyclic amines) is 1. The van der Waals surface area contributed by atoms with E-state index in [4.69, 9.17) is 14.2 Å². The predicted molar refractivity (Wildman–Crippen MR) is 115 cm³/mol. The molecule has 1 amide bonds. The van der Waals surface area contributed by atoms with Crippen molar-refractivity contribution in [3.8, 4) is 0 Å². The minimum absolute atomic E-state index is 0.111. The zero-order valence-corrected chi connectivity index (χ0v) is 18.8. The van der Waals surface area contributed by atoms with Gasteiger partial charge in [-0.15, -0.1) is 0 Å². The number of hydrogen-bond donors (Lipinski definition) is 1. The van der Waals surface area contributed by atoms with Gasteiger partial charge in [0.25, 0.3) is 5.91 Å². The third-order valence-corrected chi connectivity index (χ3v) is 7.27. The second-order valence-electron chi connectivity index (χ2n) is 9.27. The molecule has 1 N–H and O–H groups in total. The van der Waals surface area contributed by atoms with Gasteiger partial charge < -0.3 is 29.1 Å². The second-order valence-corrected chi connectivity index (χ2v) is 9.27. The number of rotatable bonds is 4. The normalized spacial score (nSPS) is 25.7. The van der Waals surface area contributed by atoms with Crippen molar-refractivity contribution in [2.45, 2.75) is 51.0 Å². The summed E-state index contributed by atoms with van der Waals surface area (Å²) >= 11 is 0. The molecule has 33 heavy (non-hydrogen) atoms. The topological polar surface area (TPSA) is 106 Å². The quantitative estimate of drug-likeness (QED) is 0.675. The van der Waals surface area contributed by atoms with Gasteiger partial charge in [0.2, 0.25) is 0 Å². The van der Waals surface area contributed by atoms with Crippen LogP contribution in [0, 0.1) is 6.92 Å². The lowest BCUT2D eigenvalue weighted by molar-refractivity contribution is -0.184. The van der Waals surface area contributed by atoms with Gasteiger partial charge in [0.15, 0.2) is 0 Å². The summed E-state index contributed by atoms with van der Waals surface area (Å²) in [6.07, 6.45) is 1.69. The zero-order valence-electron chi connectivity index (χ0n) is 18.8. The summed E-state index contributed by atoms with van der Waals surface area (Å²) in [7, 11) is 0. The van der Waals surface area contributed by atoms with E-state index in [1.807, 2.05) is 13.8 Å². The highest BCUT2D eigenvalue weighted by Crippen LogP contribution is 2.36. The summed E-state index contributed by atoms with van der Waals surface area (Å²) in [5.74, 6) is -0.863. The Morgan fingerprint density at radius 3 is 2.61 bits per heavy atom. The Morgan fingerprint density at radius 1 is 1.15 bits per heavy atom. The van der Waals surface area contributed by atoms with E-state index in [1.54, 1.807) is 17.0 Å². The Labute approximate surface area is 191 Å². The maximum Gasteiger partial charge on any atom is 0.338 e. The highest BCUT2D eigenvalue weighted by atomic mass is 16.5. The molecule has 5 rings (SSSR count). The summed E-state index contributed by atoms with van der Waals surface area (Å²) in [6, 6.07) is 3.35. The number of piperidine rings is 1. The first-order valence-corrected chi connectivity index (χ1v) is 11.3. The average Bonchev–Trinajstić information content (AvgIpc) is 3.39. The average molecular weight is 456 g/mol. The number of β-amino-alcohol motifs (C(OH)–C–C–N with tert-alkyl or cyclic N) is 1. The van der Waals surface area contributed by atoms with Crippen LogP contribution >= 0.6 is 0 Å². The van der Waals surface area contributed by atoms with Gasteiger partial charge >= 0.3 is 11.9 Å². The van der Waals surface area contributed by atoms with Crippen molar-refractivity contribution in [2.24, 2.45) is 0 Å². The van der Waals surface area contributed by atoms with Gasteiger partial charge in [0.05, 0.1) is 30.0 Å². The van der Waals surface area contributed by atoms with Gasteiger partial charge in [-0.1, -0.05) is 6.07 Å². The maximum absolute atomic E-state index is 13.4. The minimum Gasteiger partial charge on any atom is -0.457 e. The number of cyclic esters (lactones) is 2. The Morgan fingerprint density at radius 2 is 1.91 bits per heavy atom. The van der Waals surface area contributed by atoms with Crippen molar-refractivity contribution in [3.63, 3.8) is 0 Å². The zero-order chi connectivity index (χ0) is 23.3. The van der Waals surface area contributed by atoms with Crippen molar-refractivity contribution >= 4 is 17.8 Å². The molecular weight excluding hydrogens is 428 g/mol. The number of ether oxygens (including phenoxy) is 3. The van der Waals surface area contributed by atoms with E-state index in [-0.39, 0.29) is 31.1 Å². The SMILES string of the molecule is Cc1c([C@@H](O)CN2CCC3(CC2)OCC(C)N(C2=CC(=O)OC2)C3=O)ccc2c1COC2=O. The van der Waals surface area contributed by atoms with E-state index in [9.17, 15) is 19.5 Å². The number of benzene rings is 1. The first-order valence-electron chi connectivity index (χ1n) is 11.3. The molecule has 2 fully saturated rings. The van der Waals surface area contributed by atoms with Crippen molar-refractivity contribution in [3.05, 3.63) is 46.2 Å². The predicted octanol–water partition coefficient (Wildman–Crippen LogP) is 1.22. The van der Waals surface area contributed by atoms with Crippen molar-refractivity contribution < 1.29 is 33.7 Å². The molecule has 0 bridgehead atoms. The number of amides is 1. The molecule has 2 atom stereocenters. The molecule has 0 aliphatic carbocycles. The molecule has 9 heteroatoms. The van der Waals surface area contributed by atoms with Crippen LogP contribution in [-0.2, 0) is 30.4 Å². The maximum atomic E-state index is 13.4. The lowest BCUT2D eigenvalue weighted by atomic mass is 9.86. The Hall–Kier alpha value is -2.75. The number of carbonyl (C=O) groups is 3. The van der Waals surface area contributed by atoms with E-state index in [0.29, 0.717) is 50.3 Å². The number of nitrogens with zero attached hydrogens (tertiary/aromatic N) is 2. The summed E-state index contributed by atoms with van der Waals surface area (Å²) in [6.45, 7) is 6.18. The lowest BCUT2D eigenvalue weighted by Gasteiger charge is -2.48. The van der Waals surface area contributed by atoms with Crippen LogP contribution in [0.5, 0.6) is 0 Å². The van der Waals surface area contributed by atoms with Gasteiger partial charge in [0, 0.05) is 31.3 Å². The van der Waals surface area contributed by atoms with Gasteiger partial charge in [-0.05, 0) is 43.9 Å². The summed E-state index contributed by atoms with van der Waals surface area (Å²) < 4.78 is 16.2. The van der Waals surface area contributed by atoms with Crippen molar-refractivity contribution in [1.29, 1.82) is 0 Å². The van der Waals surface area contributed by atoms with Crippen LogP contribution in [-0.4, -0.2) is 77.2 Å². The van der Waals surface area contributed by atoms with Crippen LogP contribution in [0.1, 0.15) is 52.9 Å². The number of carbonyl (C=O) groups excluding carboxylic acids is 3. The van der Waals surface area contributed by atoms with Crippen LogP contribution in [0.3, 0.4) is 0 Å². The smallest absolute Gasteiger partial charge is 0.338 e. The van der Waals surface area contributed by atoms with Crippen molar-refractivity contribution in [1.82, 2.24) is 9.80 Å². The van der Waals surface area contributed by atoms with Crippen LogP contribution < -0.4 is 0 Å². The molecule has 9 nitrogen and oxygen atoms in total. The van der Waals surface area contributed by atoms with Gasteiger partial charge in [-0.2, -0.15) is 0 Å². The molecule has 2 saturated heterocycles. The summed E-state index contributed by atoms with van der Waals surface area (Å²) in [5.41, 5.74) is 2.76. The molecule has 1 aromatic rings. The number of fused-ring (bicyclic) bond motifs is 1. The van der Waals surface area contributed by atoms with E-state index >= 15 is 0 Å². The fourth-order valence-corrected chi connectivity index (χ4v) is 5.28. The number of aliphatic hydroxyl groups is 1. The molecule has 1 aromatic carbocycles. The fraction of sp³-hybridized carbons (Fsp3) is 0.542. The summed E-state index contributed by atoms with van der Waals surface area (Å²) in [5, 5.41) is 10.9. The molecule has 1 spiro atoms. The van der Waals surface area contributed by atoms with Crippen LogP contribution in [0.2, 0.25) is 0 Å². The van der Waals surface area contributed by atoms with Crippen LogP contribution in [0.25, 0.3) is 0 Å². The van der Waals surface area contributed by atoms with Crippen LogP contribution in [0.4, 0.5) is 0 Å². The highest BCUT2D eigenvalue weighted by molar-refractivity contribution is 5.94. The molecule has 1 unspecified atom stereocenters. The molecule has 176 valence electrons. The van der Waals surface area contributed by atoms with Crippen molar-refractivity contribution in [2.75, 3.05) is 32.8 Å². The number of aliphatic hydroxyl groups excluding tert-OH is 1. The molecular formula is C24H28N2O7. The van der Waals surface area contributed by atoms with E-state index in [1.165, 1.54) is 6.08 Å². The third-order valence-electron chi connectivity index (χ3n) is 7.27.